The summed E-state index contributed by atoms with van der Waals surface area (Å²) in [5, 5.41) is 0. The van der Waals surface area contributed by atoms with E-state index in [4.69, 9.17) is 4.74 Å². The summed E-state index contributed by atoms with van der Waals surface area (Å²) in [7, 11) is 0. The largest absolute Gasteiger partial charge is 0.493 e. The molecule has 3 nitrogen and oxygen atoms in total. The standard InChI is InChI=1S/C8H13BrN2OS/c1-4-7(6(3)12-5-2)10-8(9)11-13/h13H,3-5H2,1-2H3/b10-7+,11-8-. The topological polar surface area (TPSA) is 34.0 Å². The third-order valence-corrected chi connectivity index (χ3v) is 2.10. The van der Waals surface area contributed by atoms with E-state index in [-0.39, 0.29) is 0 Å². The number of ether oxygens (including phenoxy) is 1. The summed E-state index contributed by atoms with van der Waals surface area (Å²) in [6.07, 6.45) is 0.747. The van der Waals surface area contributed by atoms with E-state index in [9.17, 15) is 0 Å². The predicted molar refractivity (Wildman–Crippen MR) is 63.8 cm³/mol. The van der Waals surface area contributed by atoms with Crippen LogP contribution in [0, 0.1) is 0 Å². The number of rotatable bonds is 4. The van der Waals surface area contributed by atoms with Gasteiger partial charge in [0.15, 0.2) is 0 Å². The molecule has 0 radical (unpaired) electrons. The Kier molecular flexibility index (Phi) is 6.99. The van der Waals surface area contributed by atoms with Crippen LogP contribution in [0.4, 0.5) is 0 Å². The Hall–Kier alpha value is -0.290. The second kappa shape index (κ2) is 7.15. The molecule has 5 heteroatoms. The van der Waals surface area contributed by atoms with Crippen LogP contribution in [0.25, 0.3) is 0 Å². The molecule has 0 unspecified atom stereocenters. The van der Waals surface area contributed by atoms with Crippen LogP contribution in [0.2, 0.25) is 0 Å². The molecule has 0 aliphatic rings. The van der Waals surface area contributed by atoms with Crippen LogP contribution in [0.1, 0.15) is 20.3 Å². The van der Waals surface area contributed by atoms with Gasteiger partial charge in [-0.3, -0.25) is 0 Å². The molecule has 0 aromatic carbocycles. The van der Waals surface area contributed by atoms with Crippen LogP contribution < -0.4 is 0 Å². The summed E-state index contributed by atoms with van der Waals surface area (Å²) in [6.45, 7) is 8.22. The van der Waals surface area contributed by atoms with Gasteiger partial charge in [0.25, 0.3) is 0 Å². The predicted octanol–water partition coefficient (Wildman–Crippen LogP) is 2.98. The van der Waals surface area contributed by atoms with Crippen molar-refractivity contribution in [2.24, 2.45) is 9.39 Å². The Morgan fingerprint density at radius 2 is 2.15 bits per heavy atom. The second-order valence-electron chi connectivity index (χ2n) is 2.14. The molecule has 74 valence electrons. The van der Waals surface area contributed by atoms with Crippen LogP contribution in [0.15, 0.2) is 21.7 Å². The van der Waals surface area contributed by atoms with Crippen LogP contribution in [-0.2, 0) is 4.74 Å². The summed E-state index contributed by atoms with van der Waals surface area (Å²) in [4.78, 5) is 4.11. The number of hydrogen-bond donors (Lipinski definition) is 1. The molecule has 0 N–H and O–H groups in total. The number of nitrogens with zero attached hydrogens (tertiary/aromatic N) is 2. The first-order chi connectivity index (χ1) is 6.15. The normalized spacial score (nSPS) is 12.9. The Morgan fingerprint density at radius 1 is 1.54 bits per heavy atom. The van der Waals surface area contributed by atoms with Crippen LogP contribution in [0.3, 0.4) is 0 Å². The van der Waals surface area contributed by atoms with Crippen molar-refractivity contribution in [1.82, 2.24) is 0 Å². The highest BCUT2D eigenvalue weighted by Gasteiger charge is 2.03. The van der Waals surface area contributed by atoms with E-state index < -0.39 is 0 Å². The van der Waals surface area contributed by atoms with Gasteiger partial charge in [-0.15, -0.1) is 0 Å². The number of hydrogen-bond acceptors (Lipinski definition) is 3. The molecule has 0 aromatic rings. The average Bonchev–Trinajstić information content (AvgIpc) is 2.14. The minimum atomic E-state index is 0.425. The number of thiol groups is 1. The van der Waals surface area contributed by atoms with Crippen LogP contribution in [-0.4, -0.2) is 17.1 Å². The van der Waals surface area contributed by atoms with Gasteiger partial charge in [0.2, 0.25) is 4.74 Å². The molecule has 13 heavy (non-hydrogen) atoms. The molecular formula is C8H13BrN2OS. The summed E-state index contributed by atoms with van der Waals surface area (Å²) >= 11 is 6.84. The molecule has 0 fully saturated rings. The van der Waals surface area contributed by atoms with Crippen molar-refractivity contribution in [3.63, 3.8) is 0 Å². The van der Waals surface area contributed by atoms with E-state index in [0.717, 1.165) is 12.1 Å². The van der Waals surface area contributed by atoms with Gasteiger partial charge in [-0.25, -0.2) is 4.99 Å². The Bertz CT molecular complexity index is 238. The Morgan fingerprint density at radius 3 is 2.54 bits per heavy atom. The molecule has 0 heterocycles. The lowest BCUT2D eigenvalue weighted by atomic mass is 10.2. The van der Waals surface area contributed by atoms with E-state index in [1.54, 1.807) is 0 Å². The lowest BCUT2D eigenvalue weighted by molar-refractivity contribution is 0.250. The van der Waals surface area contributed by atoms with E-state index in [1.165, 1.54) is 0 Å². The van der Waals surface area contributed by atoms with Crippen molar-refractivity contribution in [2.45, 2.75) is 20.3 Å². The highest BCUT2D eigenvalue weighted by atomic mass is 79.9. The first-order valence-electron chi connectivity index (χ1n) is 3.92. The average molecular weight is 265 g/mol. The van der Waals surface area contributed by atoms with Crippen molar-refractivity contribution >= 4 is 39.2 Å². The molecule has 0 aliphatic carbocycles. The second-order valence-corrected chi connectivity index (χ2v) is 3.05. The lowest BCUT2D eigenvalue weighted by Gasteiger charge is -2.07. The number of halogens is 1. The van der Waals surface area contributed by atoms with Crippen LogP contribution in [0.5, 0.6) is 0 Å². The Labute approximate surface area is 92.7 Å². The molecule has 0 saturated heterocycles. The van der Waals surface area contributed by atoms with E-state index in [2.05, 4.69) is 44.7 Å². The van der Waals surface area contributed by atoms with Gasteiger partial charge >= 0.3 is 0 Å². The molecule has 0 spiro atoms. The molecule has 0 bridgehead atoms. The van der Waals surface area contributed by atoms with Gasteiger partial charge in [0.1, 0.15) is 5.76 Å². The molecule has 0 amide bonds. The minimum absolute atomic E-state index is 0.425. The number of allylic oxidation sites excluding steroid dienone is 1. The van der Waals surface area contributed by atoms with Crippen molar-refractivity contribution < 1.29 is 4.74 Å². The molecule has 0 saturated carbocycles. The summed E-state index contributed by atoms with van der Waals surface area (Å²) in [6, 6.07) is 0. The fraction of sp³-hybridized carbons (Fsp3) is 0.500. The fourth-order valence-corrected chi connectivity index (χ4v) is 0.989. The summed E-state index contributed by atoms with van der Waals surface area (Å²) in [5.74, 6) is 0.582. The lowest BCUT2D eigenvalue weighted by Crippen LogP contribution is -2.05. The number of aliphatic imine (C=N–C) groups is 1. The zero-order valence-electron chi connectivity index (χ0n) is 7.75. The monoisotopic (exact) mass is 264 g/mol. The smallest absolute Gasteiger partial charge is 0.203 e. The van der Waals surface area contributed by atoms with Crippen molar-refractivity contribution in [1.29, 1.82) is 0 Å². The van der Waals surface area contributed by atoms with E-state index in [1.807, 2.05) is 13.8 Å². The highest BCUT2D eigenvalue weighted by Crippen LogP contribution is 2.05. The van der Waals surface area contributed by atoms with E-state index >= 15 is 0 Å². The molecule has 0 aromatic heterocycles. The minimum Gasteiger partial charge on any atom is -0.493 e. The highest BCUT2D eigenvalue weighted by molar-refractivity contribution is 9.18. The molecule has 0 atom stereocenters. The fourth-order valence-electron chi connectivity index (χ4n) is 0.730. The van der Waals surface area contributed by atoms with Crippen molar-refractivity contribution in [3.05, 3.63) is 12.3 Å². The zero-order valence-corrected chi connectivity index (χ0v) is 10.2. The van der Waals surface area contributed by atoms with Crippen molar-refractivity contribution in [2.75, 3.05) is 6.61 Å². The van der Waals surface area contributed by atoms with Gasteiger partial charge in [0, 0.05) is 0 Å². The molecular weight excluding hydrogens is 252 g/mol. The van der Waals surface area contributed by atoms with Gasteiger partial charge < -0.3 is 4.74 Å². The molecule has 0 aliphatic heterocycles. The van der Waals surface area contributed by atoms with Gasteiger partial charge in [-0.05, 0) is 42.1 Å². The maximum atomic E-state index is 5.21. The van der Waals surface area contributed by atoms with Gasteiger partial charge in [-0.1, -0.05) is 13.5 Å². The summed E-state index contributed by atoms with van der Waals surface area (Å²) in [5.41, 5.74) is 0.770. The quantitative estimate of drug-likeness (QED) is 0.274. The maximum absolute atomic E-state index is 5.21. The third kappa shape index (κ3) is 5.10. The van der Waals surface area contributed by atoms with Gasteiger partial charge in [-0.2, -0.15) is 4.40 Å². The Balaban J connectivity index is 4.50. The zero-order chi connectivity index (χ0) is 10.3. The maximum Gasteiger partial charge on any atom is 0.203 e. The number of amidine groups is 1. The SMILES string of the molecule is C=C(OCC)/C(CC)=N/C(Br)=N\S. The molecule has 0 rings (SSSR count). The van der Waals surface area contributed by atoms with Crippen LogP contribution >= 0.6 is 28.7 Å². The van der Waals surface area contributed by atoms with E-state index in [0.29, 0.717) is 17.1 Å². The summed E-state index contributed by atoms with van der Waals surface area (Å²) < 4.78 is 9.20. The third-order valence-electron chi connectivity index (χ3n) is 1.29. The van der Waals surface area contributed by atoms with Gasteiger partial charge in [0.05, 0.1) is 12.3 Å². The van der Waals surface area contributed by atoms with Crippen molar-refractivity contribution in [3.8, 4) is 0 Å². The first-order valence-corrected chi connectivity index (χ1v) is 5.12. The first kappa shape index (κ1) is 12.7.